The summed E-state index contributed by atoms with van der Waals surface area (Å²) in [6, 6.07) is 7.63. The van der Waals surface area contributed by atoms with E-state index in [-0.39, 0.29) is 29.8 Å². The molecular formula is C23H28ClF3N6O. The molecule has 0 saturated heterocycles. The molecule has 1 aromatic carbocycles. The summed E-state index contributed by atoms with van der Waals surface area (Å²) in [6.07, 6.45) is -3.14. The predicted molar refractivity (Wildman–Crippen MR) is 125 cm³/mol. The molecule has 34 heavy (non-hydrogen) atoms. The van der Waals surface area contributed by atoms with Crippen LogP contribution in [0.5, 0.6) is 0 Å². The lowest BCUT2D eigenvalue weighted by atomic mass is 10.2. The number of alkyl halides is 3. The molecule has 0 bridgehead atoms. The fraction of sp³-hybridized carbons (Fsp3) is 0.522. The second kappa shape index (κ2) is 9.95. The number of hydrogen-bond donors (Lipinski definition) is 1. The van der Waals surface area contributed by atoms with Crippen molar-refractivity contribution >= 4 is 34.5 Å². The summed E-state index contributed by atoms with van der Waals surface area (Å²) < 4.78 is 43.1. The van der Waals surface area contributed by atoms with Crippen LogP contribution in [0.4, 0.5) is 19.1 Å². The van der Waals surface area contributed by atoms with Crippen LogP contribution in [0.3, 0.4) is 0 Å². The molecule has 184 valence electrons. The number of likely N-dealkylation sites (N-methyl/N-ethyl adjacent to an activating group) is 1. The van der Waals surface area contributed by atoms with E-state index in [2.05, 4.69) is 34.1 Å². The van der Waals surface area contributed by atoms with Gasteiger partial charge in [0.2, 0.25) is 11.9 Å². The van der Waals surface area contributed by atoms with E-state index in [1.54, 1.807) is 0 Å². The molecule has 4 rings (SSSR count). The number of rotatable bonds is 10. The summed E-state index contributed by atoms with van der Waals surface area (Å²) in [5.74, 6) is 0.0417. The Morgan fingerprint density at radius 1 is 1.21 bits per heavy atom. The number of nitrogens with one attached hydrogen (secondary N) is 1. The smallest absolute Gasteiger partial charge is 0.309 e. The highest BCUT2D eigenvalue weighted by atomic mass is 35.5. The second-order valence-corrected chi connectivity index (χ2v) is 8.82. The fourth-order valence-electron chi connectivity index (χ4n) is 4.12. The zero-order chi connectivity index (χ0) is 24.5. The van der Waals surface area contributed by atoms with E-state index in [1.807, 2.05) is 28.8 Å². The first-order chi connectivity index (χ1) is 16.2. The van der Waals surface area contributed by atoms with Gasteiger partial charge in [0.05, 0.1) is 28.3 Å². The molecule has 0 atom stereocenters. The summed E-state index contributed by atoms with van der Waals surface area (Å²) in [5.41, 5.74) is 0.958. The van der Waals surface area contributed by atoms with Crippen LogP contribution in [0.2, 0.25) is 5.02 Å². The standard InChI is InChI=1S/C23H28ClF3N6O/c1-3-31(4-2)13-14-32-17-8-6-5-7-16(17)28-22(32)29-18(34)11-12-33-20(15-9-10-15)19(24)21(30-33)23(25,26)27/h5-8,15H,3-4,9-14H2,1-2H3,(H,28,29,34). The lowest BCUT2D eigenvalue weighted by Gasteiger charge is -2.19. The molecule has 0 radical (unpaired) electrons. The van der Waals surface area contributed by atoms with Gasteiger partial charge in [-0.25, -0.2) is 4.98 Å². The number of aromatic nitrogens is 4. The Kier molecular flexibility index (Phi) is 7.18. The number of halogens is 4. The number of hydrogen-bond acceptors (Lipinski definition) is 4. The monoisotopic (exact) mass is 496 g/mol. The van der Waals surface area contributed by atoms with E-state index < -0.39 is 11.9 Å². The number of imidazole rings is 1. The topological polar surface area (TPSA) is 68.0 Å². The average molecular weight is 497 g/mol. The van der Waals surface area contributed by atoms with Crippen molar-refractivity contribution in [1.29, 1.82) is 0 Å². The molecule has 1 aliphatic carbocycles. The highest BCUT2D eigenvalue weighted by Gasteiger charge is 2.42. The molecule has 2 heterocycles. The van der Waals surface area contributed by atoms with Crippen molar-refractivity contribution in [3.63, 3.8) is 0 Å². The Morgan fingerprint density at radius 2 is 1.91 bits per heavy atom. The average Bonchev–Trinajstić information content (AvgIpc) is 3.48. The molecule has 1 amide bonds. The lowest BCUT2D eigenvalue weighted by Crippen LogP contribution is -2.28. The van der Waals surface area contributed by atoms with Crippen molar-refractivity contribution in [2.24, 2.45) is 0 Å². The van der Waals surface area contributed by atoms with Gasteiger partial charge in [0, 0.05) is 25.4 Å². The van der Waals surface area contributed by atoms with Crippen LogP contribution in [0, 0.1) is 0 Å². The van der Waals surface area contributed by atoms with Crippen LogP contribution in [0.1, 0.15) is 50.4 Å². The van der Waals surface area contributed by atoms with Gasteiger partial charge in [0.15, 0.2) is 5.69 Å². The molecule has 0 spiro atoms. The van der Waals surface area contributed by atoms with Crippen molar-refractivity contribution in [3.8, 4) is 0 Å². The van der Waals surface area contributed by atoms with E-state index in [1.165, 1.54) is 4.68 Å². The van der Waals surface area contributed by atoms with Crippen molar-refractivity contribution < 1.29 is 18.0 Å². The quantitative estimate of drug-likeness (QED) is 0.421. The molecule has 3 aromatic rings. The number of nitrogens with zero attached hydrogens (tertiary/aromatic N) is 5. The summed E-state index contributed by atoms with van der Waals surface area (Å²) in [7, 11) is 0. The van der Waals surface area contributed by atoms with Crippen molar-refractivity contribution in [2.45, 2.75) is 58.3 Å². The van der Waals surface area contributed by atoms with Gasteiger partial charge in [-0.05, 0) is 38.1 Å². The highest BCUT2D eigenvalue weighted by Crippen LogP contribution is 2.46. The minimum absolute atomic E-state index is 0.00709. The Hall–Kier alpha value is -2.59. The first-order valence-electron chi connectivity index (χ1n) is 11.5. The number of amides is 1. The predicted octanol–water partition coefficient (Wildman–Crippen LogP) is 5.15. The van der Waals surface area contributed by atoms with Gasteiger partial charge in [-0.1, -0.05) is 37.6 Å². The maximum Gasteiger partial charge on any atom is 0.436 e. The van der Waals surface area contributed by atoms with Gasteiger partial charge in [-0.15, -0.1) is 0 Å². The highest BCUT2D eigenvalue weighted by molar-refractivity contribution is 6.32. The molecule has 2 aromatic heterocycles. The van der Waals surface area contributed by atoms with Crippen LogP contribution in [0.25, 0.3) is 11.0 Å². The molecule has 11 heteroatoms. The van der Waals surface area contributed by atoms with Gasteiger partial charge in [0.25, 0.3) is 0 Å². The molecule has 1 aliphatic rings. The largest absolute Gasteiger partial charge is 0.436 e. The summed E-state index contributed by atoms with van der Waals surface area (Å²) in [4.78, 5) is 19.6. The Labute approximate surface area is 200 Å². The van der Waals surface area contributed by atoms with E-state index in [9.17, 15) is 18.0 Å². The van der Waals surface area contributed by atoms with E-state index >= 15 is 0 Å². The fourth-order valence-corrected chi connectivity index (χ4v) is 4.52. The summed E-state index contributed by atoms with van der Waals surface area (Å²) in [6.45, 7) is 7.48. The molecule has 1 N–H and O–H groups in total. The van der Waals surface area contributed by atoms with Gasteiger partial charge in [0.1, 0.15) is 0 Å². The third-order valence-corrected chi connectivity index (χ3v) is 6.53. The number of fused-ring (bicyclic) bond motifs is 1. The number of para-hydroxylation sites is 2. The number of carbonyl (C=O) groups excluding carboxylic acids is 1. The molecule has 0 unspecified atom stereocenters. The first-order valence-corrected chi connectivity index (χ1v) is 11.9. The third kappa shape index (κ3) is 5.22. The van der Waals surface area contributed by atoms with Gasteiger partial charge >= 0.3 is 6.18 Å². The number of carbonyl (C=O) groups is 1. The Morgan fingerprint density at radius 3 is 2.56 bits per heavy atom. The zero-order valence-corrected chi connectivity index (χ0v) is 20.0. The van der Waals surface area contributed by atoms with Gasteiger partial charge in [-0.3, -0.25) is 14.8 Å². The van der Waals surface area contributed by atoms with E-state index in [4.69, 9.17) is 11.6 Å². The Bertz CT molecular complexity index is 1160. The van der Waals surface area contributed by atoms with E-state index in [0.29, 0.717) is 18.2 Å². The molecular weight excluding hydrogens is 469 g/mol. The Balaban J connectivity index is 1.50. The van der Waals surface area contributed by atoms with Crippen LogP contribution in [-0.4, -0.2) is 49.8 Å². The second-order valence-electron chi connectivity index (χ2n) is 8.44. The van der Waals surface area contributed by atoms with Gasteiger partial charge in [-0.2, -0.15) is 18.3 Å². The van der Waals surface area contributed by atoms with Crippen LogP contribution >= 0.6 is 11.6 Å². The van der Waals surface area contributed by atoms with Crippen molar-refractivity contribution in [1.82, 2.24) is 24.2 Å². The van der Waals surface area contributed by atoms with Crippen LogP contribution in [-0.2, 0) is 24.1 Å². The minimum atomic E-state index is -4.63. The number of benzene rings is 1. The zero-order valence-electron chi connectivity index (χ0n) is 19.2. The number of aryl methyl sites for hydroxylation is 1. The molecule has 1 fully saturated rings. The van der Waals surface area contributed by atoms with Gasteiger partial charge < -0.3 is 9.47 Å². The normalized spacial score (nSPS) is 14.3. The van der Waals surface area contributed by atoms with Crippen molar-refractivity contribution in [2.75, 3.05) is 25.0 Å². The molecule has 0 aliphatic heterocycles. The molecule has 7 nitrogen and oxygen atoms in total. The maximum absolute atomic E-state index is 13.3. The lowest BCUT2D eigenvalue weighted by molar-refractivity contribution is -0.141. The summed E-state index contributed by atoms with van der Waals surface area (Å²) in [5, 5.41) is 6.19. The maximum atomic E-state index is 13.3. The van der Waals surface area contributed by atoms with Crippen molar-refractivity contribution in [3.05, 3.63) is 40.7 Å². The molecule has 1 saturated carbocycles. The van der Waals surface area contributed by atoms with E-state index in [0.717, 1.165) is 43.5 Å². The third-order valence-electron chi connectivity index (χ3n) is 6.15. The summed E-state index contributed by atoms with van der Waals surface area (Å²) >= 11 is 6.02. The first kappa shape index (κ1) is 24.5. The van der Waals surface area contributed by atoms with Crippen LogP contribution in [0.15, 0.2) is 24.3 Å². The SMILES string of the molecule is CCN(CC)CCn1c(NC(=O)CCn2nc(C(F)(F)F)c(Cl)c2C2CC2)nc2ccccc21. The minimum Gasteiger partial charge on any atom is -0.309 e. The number of anilines is 1. The van der Waals surface area contributed by atoms with Crippen LogP contribution < -0.4 is 5.32 Å².